The summed E-state index contributed by atoms with van der Waals surface area (Å²) in [6, 6.07) is 13.9. The number of hydrogen-bond acceptors (Lipinski definition) is 3. The molecule has 0 amide bonds. The van der Waals surface area contributed by atoms with E-state index in [1.807, 2.05) is 13.0 Å². The lowest BCUT2D eigenvalue weighted by molar-refractivity contribution is 0.0342. The molecular formula is C23H32FIN4O. The number of aliphatic imine (C=N–C) groups is 1. The van der Waals surface area contributed by atoms with Crippen molar-refractivity contribution in [2.75, 3.05) is 32.8 Å². The molecule has 1 aliphatic heterocycles. The topological polar surface area (TPSA) is 48.9 Å². The van der Waals surface area contributed by atoms with E-state index in [-0.39, 0.29) is 29.8 Å². The van der Waals surface area contributed by atoms with Gasteiger partial charge in [0.15, 0.2) is 5.96 Å². The molecule has 0 saturated carbocycles. The van der Waals surface area contributed by atoms with E-state index in [9.17, 15) is 4.39 Å². The zero-order chi connectivity index (χ0) is 20.5. The molecule has 0 radical (unpaired) electrons. The van der Waals surface area contributed by atoms with Gasteiger partial charge in [0.2, 0.25) is 0 Å². The summed E-state index contributed by atoms with van der Waals surface area (Å²) in [6.45, 7) is 10.2. The number of aryl methyl sites for hydroxylation is 1. The monoisotopic (exact) mass is 526 g/mol. The molecule has 30 heavy (non-hydrogen) atoms. The van der Waals surface area contributed by atoms with Gasteiger partial charge in [0.05, 0.1) is 19.8 Å². The summed E-state index contributed by atoms with van der Waals surface area (Å²) in [5, 5.41) is 6.54. The van der Waals surface area contributed by atoms with E-state index in [1.165, 1.54) is 11.1 Å². The molecule has 3 rings (SSSR count). The summed E-state index contributed by atoms with van der Waals surface area (Å²) in [7, 11) is 0. The Morgan fingerprint density at radius 2 is 1.83 bits per heavy atom. The number of nitrogens with zero attached hydrogens (tertiary/aromatic N) is 2. The van der Waals surface area contributed by atoms with E-state index < -0.39 is 0 Å². The van der Waals surface area contributed by atoms with Gasteiger partial charge in [-0.25, -0.2) is 9.38 Å². The molecule has 0 aliphatic carbocycles. The van der Waals surface area contributed by atoms with Crippen LogP contribution in [-0.4, -0.2) is 43.7 Å². The van der Waals surface area contributed by atoms with Crippen molar-refractivity contribution in [1.82, 2.24) is 15.5 Å². The van der Waals surface area contributed by atoms with Crippen LogP contribution in [0.2, 0.25) is 0 Å². The summed E-state index contributed by atoms with van der Waals surface area (Å²) in [4.78, 5) is 7.11. The van der Waals surface area contributed by atoms with E-state index in [0.29, 0.717) is 18.7 Å². The van der Waals surface area contributed by atoms with Crippen LogP contribution in [0.15, 0.2) is 47.5 Å². The fraction of sp³-hybridized carbons (Fsp3) is 0.435. The van der Waals surface area contributed by atoms with Gasteiger partial charge in [-0.2, -0.15) is 0 Å². The maximum Gasteiger partial charge on any atom is 0.191 e. The first-order valence-corrected chi connectivity index (χ1v) is 10.3. The number of rotatable bonds is 7. The number of guanidine groups is 1. The Balaban J connectivity index is 0.00000320. The Labute approximate surface area is 196 Å². The van der Waals surface area contributed by atoms with E-state index in [2.05, 4.69) is 39.8 Å². The lowest BCUT2D eigenvalue weighted by Crippen LogP contribution is -2.36. The van der Waals surface area contributed by atoms with Gasteiger partial charge < -0.3 is 15.4 Å². The molecule has 0 spiro atoms. The van der Waals surface area contributed by atoms with Gasteiger partial charge in [0, 0.05) is 32.7 Å². The normalized spacial score (nSPS) is 14.8. The van der Waals surface area contributed by atoms with Crippen LogP contribution in [0, 0.1) is 12.7 Å². The van der Waals surface area contributed by atoms with Gasteiger partial charge in [-0.05, 0) is 42.2 Å². The van der Waals surface area contributed by atoms with Crippen molar-refractivity contribution in [2.24, 2.45) is 4.99 Å². The molecule has 1 saturated heterocycles. The number of morpholine rings is 1. The molecule has 0 aromatic heterocycles. The predicted octanol–water partition coefficient (Wildman–Crippen LogP) is 3.84. The van der Waals surface area contributed by atoms with Crippen LogP contribution < -0.4 is 10.6 Å². The van der Waals surface area contributed by atoms with Gasteiger partial charge in [0.25, 0.3) is 0 Å². The van der Waals surface area contributed by atoms with E-state index in [0.717, 1.165) is 50.9 Å². The van der Waals surface area contributed by atoms with Crippen LogP contribution in [0.3, 0.4) is 0 Å². The van der Waals surface area contributed by atoms with Gasteiger partial charge >= 0.3 is 0 Å². The predicted molar refractivity (Wildman–Crippen MR) is 131 cm³/mol. The first kappa shape index (κ1) is 24.6. The summed E-state index contributed by atoms with van der Waals surface area (Å²) in [6.07, 6.45) is 0. The van der Waals surface area contributed by atoms with Crippen molar-refractivity contribution in [3.63, 3.8) is 0 Å². The summed E-state index contributed by atoms with van der Waals surface area (Å²) in [5.74, 6) is 0.551. The highest BCUT2D eigenvalue weighted by Gasteiger charge is 2.10. The average molecular weight is 526 g/mol. The highest BCUT2D eigenvalue weighted by molar-refractivity contribution is 14.0. The van der Waals surface area contributed by atoms with Crippen LogP contribution in [0.5, 0.6) is 0 Å². The number of benzene rings is 2. The summed E-state index contributed by atoms with van der Waals surface area (Å²) in [5.41, 5.74) is 4.03. The average Bonchev–Trinajstić information content (AvgIpc) is 2.73. The molecular weight excluding hydrogens is 494 g/mol. The third-order valence-electron chi connectivity index (χ3n) is 4.96. The minimum Gasteiger partial charge on any atom is -0.379 e. The Hall–Kier alpha value is -1.71. The van der Waals surface area contributed by atoms with E-state index >= 15 is 0 Å². The molecule has 1 heterocycles. The summed E-state index contributed by atoms with van der Waals surface area (Å²) < 4.78 is 19.2. The van der Waals surface area contributed by atoms with Crippen LogP contribution in [-0.2, 0) is 24.4 Å². The Morgan fingerprint density at radius 3 is 2.57 bits per heavy atom. The second kappa shape index (κ2) is 12.9. The molecule has 7 heteroatoms. The molecule has 2 N–H and O–H groups in total. The molecule has 0 atom stereocenters. The highest BCUT2D eigenvalue weighted by atomic mass is 127. The number of ether oxygens (including phenoxy) is 1. The number of nitrogens with one attached hydrogen (secondary N) is 2. The van der Waals surface area contributed by atoms with E-state index in [1.54, 1.807) is 19.1 Å². The fourth-order valence-corrected chi connectivity index (χ4v) is 3.29. The molecule has 0 bridgehead atoms. The SMILES string of the molecule is CCNC(=NCc1cccc(CN2CCOCC2)c1)NCc1ccc(C)c(F)c1.I. The van der Waals surface area contributed by atoms with Crippen molar-refractivity contribution in [3.05, 3.63) is 70.5 Å². The largest absolute Gasteiger partial charge is 0.379 e. The Morgan fingerprint density at radius 1 is 1.07 bits per heavy atom. The van der Waals surface area contributed by atoms with E-state index in [4.69, 9.17) is 9.73 Å². The first-order valence-electron chi connectivity index (χ1n) is 10.3. The second-order valence-corrected chi connectivity index (χ2v) is 7.34. The van der Waals surface area contributed by atoms with Gasteiger partial charge in [-0.15, -0.1) is 24.0 Å². The standard InChI is InChI=1S/C23H31FN4O.HI/c1-3-25-23(27-16-20-8-7-18(2)22(24)14-20)26-15-19-5-4-6-21(13-19)17-28-9-11-29-12-10-28;/h4-8,13-14H,3,9-12,15-17H2,1-2H3,(H2,25,26,27);1H. The molecule has 1 fully saturated rings. The molecule has 1 aliphatic rings. The molecule has 5 nitrogen and oxygen atoms in total. The Kier molecular flexibility index (Phi) is 10.5. The maximum atomic E-state index is 13.7. The number of halogens is 2. The minimum absolute atomic E-state index is 0. The maximum absolute atomic E-state index is 13.7. The zero-order valence-electron chi connectivity index (χ0n) is 17.8. The van der Waals surface area contributed by atoms with Gasteiger partial charge in [-0.1, -0.05) is 36.4 Å². The van der Waals surface area contributed by atoms with Crippen molar-refractivity contribution in [1.29, 1.82) is 0 Å². The van der Waals surface area contributed by atoms with Crippen molar-refractivity contribution in [2.45, 2.75) is 33.5 Å². The molecule has 164 valence electrons. The lowest BCUT2D eigenvalue weighted by atomic mass is 10.1. The molecule has 0 unspecified atom stereocenters. The third kappa shape index (κ3) is 7.85. The first-order chi connectivity index (χ1) is 14.1. The highest BCUT2D eigenvalue weighted by Crippen LogP contribution is 2.11. The zero-order valence-corrected chi connectivity index (χ0v) is 20.1. The van der Waals surface area contributed by atoms with Crippen LogP contribution in [0.1, 0.15) is 29.2 Å². The van der Waals surface area contributed by atoms with Crippen molar-refractivity contribution in [3.8, 4) is 0 Å². The Bertz CT molecular complexity index is 825. The van der Waals surface area contributed by atoms with Crippen molar-refractivity contribution >= 4 is 29.9 Å². The summed E-state index contributed by atoms with van der Waals surface area (Å²) >= 11 is 0. The third-order valence-corrected chi connectivity index (χ3v) is 4.96. The fourth-order valence-electron chi connectivity index (χ4n) is 3.29. The number of hydrogen-bond donors (Lipinski definition) is 2. The lowest BCUT2D eigenvalue weighted by Gasteiger charge is -2.26. The minimum atomic E-state index is -0.177. The van der Waals surface area contributed by atoms with Gasteiger partial charge in [-0.3, -0.25) is 4.90 Å². The second-order valence-electron chi connectivity index (χ2n) is 7.34. The smallest absolute Gasteiger partial charge is 0.191 e. The van der Waals surface area contributed by atoms with Crippen LogP contribution >= 0.6 is 24.0 Å². The van der Waals surface area contributed by atoms with Crippen molar-refractivity contribution < 1.29 is 9.13 Å². The quantitative estimate of drug-likeness (QED) is 0.327. The molecule has 2 aromatic carbocycles. The van der Waals surface area contributed by atoms with Crippen LogP contribution in [0.4, 0.5) is 4.39 Å². The van der Waals surface area contributed by atoms with Crippen LogP contribution in [0.25, 0.3) is 0 Å². The van der Waals surface area contributed by atoms with Gasteiger partial charge in [0.1, 0.15) is 5.82 Å². The molecule has 2 aromatic rings.